The van der Waals surface area contributed by atoms with Crippen molar-refractivity contribution in [1.29, 1.82) is 0 Å². The number of thiazole rings is 1. The third-order valence-electron chi connectivity index (χ3n) is 4.23. The van der Waals surface area contributed by atoms with E-state index in [1.54, 1.807) is 43.8 Å². The Morgan fingerprint density at radius 1 is 1.24 bits per heavy atom. The zero-order chi connectivity index (χ0) is 17.6. The second-order valence-corrected chi connectivity index (χ2v) is 6.73. The van der Waals surface area contributed by atoms with Crippen molar-refractivity contribution in [3.05, 3.63) is 34.8 Å². The molecular weight excluding hydrogens is 338 g/mol. The van der Waals surface area contributed by atoms with Crippen LogP contribution in [0.2, 0.25) is 0 Å². The second kappa shape index (κ2) is 8.20. The minimum Gasteiger partial charge on any atom is -0.493 e. The van der Waals surface area contributed by atoms with Crippen LogP contribution in [0.4, 0.5) is 5.13 Å². The van der Waals surface area contributed by atoms with Gasteiger partial charge in [0.1, 0.15) is 0 Å². The van der Waals surface area contributed by atoms with Crippen LogP contribution < -0.4 is 19.7 Å². The molecule has 2 heterocycles. The predicted octanol–water partition coefficient (Wildman–Crippen LogP) is 2.73. The monoisotopic (exact) mass is 361 g/mol. The number of hydrogen-bond donors (Lipinski definition) is 1. The van der Waals surface area contributed by atoms with E-state index in [1.165, 1.54) is 12.8 Å². The lowest BCUT2D eigenvalue weighted by molar-refractivity contribution is 0.0953. The summed E-state index contributed by atoms with van der Waals surface area (Å²) < 4.78 is 10.4. The third-order valence-corrected chi connectivity index (χ3v) is 5.18. The number of hydrogen-bond acceptors (Lipinski definition) is 6. The van der Waals surface area contributed by atoms with E-state index in [9.17, 15) is 4.79 Å². The summed E-state index contributed by atoms with van der Waals surface area (Å²) >= 11 is 1.68. The van der Waals surface area contributed by atoms with Gasteiger partial charge in [0, 0.05) is 37.0 Å². The van der Waals surface area contributed by atoms with Crippen LogP contribution in [-0.2, 0) is 6.42 Å². The fourth-order valence-corrected chi connectivity index (χ4v) is 3.76. The fraction of sp³-hybridized carbons (Fsp3) is 0.444. The number of aromatic nitrogens is 1. The molecule has 0 bridgehead atoms. The van der Waals surface area contributed by atoms with Crippen molar-refractivity contribution in [2.45, 2.75) is 19.3 Å². The van der Waals surface area contributed by atoms with Crippen LogP contribution in [0.5, 0.6) is 11.5 Å². The standard InChI is InChI=1S/C18H23N3O3S/c1-23-15-6-5-13(11-16(15)24-2)17(22)19-8-7-14-12-25-18(20-14)21-9-3-4-10-21/h5-6,11-12H,3-4,7-10H2,1-2H3,(H,19,22). The maximum Gasteiger partial charge on any atom is 0.251 e. The summed E-state index contributed by atoms with van der Waals surface area (Å²) in [5.41, 5.74) is 1.58. The van der Waals surface area contributed by atoms with E-state index in [0.29, 0.717) is 23.6 Å². The molecule has 134 valence electrons. The molecule has 6 nitrogen and oxygen atoms in total. The van der Waals surface area contributed by atoms with Crippen LogP contribution in [0.1, 0.15) is 28.9 Å². The summed E-state index contributed by atoms with van der Waals surface area (Å²) in [7, 11) is 3.13. The molecular formula is C18H23N3O3S. The molecule has 1 saturated heterocycles. The first-order chi connectivity index (χ1) is 12.2. The van der Waals surface area contributed by atoms with Crippen molar-refractivity contribution in [2.75, 3.05) is 38.8 Å². The molecule has 1 fully saturated rings. The molecule has 1 aromatic heterocycles. The SMILES string of the molecule is COc1ccc(C(=O)NCCc2csc(N3CCCC3)n2)cc1OC. The number of nitrogens with zero attached hydrogens (tertiary/aromatic N) is 2. The van der Waals surface area contributed by atoms with Crippen molar-refractivity contribution >= 4 is 22.4 Å². The maximum absolute atomic E-state index is 12.3. The number of benzene rings is 1. The second-order valence-electron chi connectivity index (χ2n) is 5.89. The van der Waals surface area contributed by atoms with E-state index in [0.717, 1.165) is 30.3 Å². The number of carbonyl (C=O) groups excluding carboxylic acids is 1. The van der Waals surface area contributed by atoms with E-state index in [-0.39, 0.29) is 5.91 Å². The molecule has 1 amide bonds. The highest BCUT2D eigenvalue weighted by Crippen LogP contribution is 2.27. The lowest BCUT2D eigenvalue weighted by Gasteiger charge is -2.12. The summed E-state index contributed by atoms with van der Waals surface area (Å²) in [5.74, 6) is 1.02. The van der Waals surface area contributed by atoms with E-state index in [1.807, 2.05) is 0 Å². The largest absolute Gasteiger partial charge is 0.493 e. The average molecular weight is 361 g/mol. The van der Waals surface area contributed by atoms with Gasteiger partial charge in [0.25, 0.3) is 5.91 Å². The van der Waals surface area contributed by atoms with E-state index in [2.05, 4.69) is 20.6 Å². The zero-order valence-corrected chi connectivity index (χ0v) is 15.4. The number of carbonyl (C=O) groups is 1. The first kappa shape index (κ1) is 17.5. The Hall–Kier alpha value is -2.28. The first-order valence-electron chi connectivity index (χ1n) is 8.41. The summed E-state index contributed by atoms with van der Waals surface area (Å²) in [4.78, 5) is 19.3. The molecule has 0 spiro atoms. The van der Waals surface area contributed by atoms with Crippen LogP contribution in [-0.4, -0.2) is 44.7 Å². The minimum atomic E-state index is -0.129. The van der Waals surface area contributed by atoms with Crippen LogP contribution >= 0.6 is 11.3 Å². The van der Waals surface area contributed by atoms with Crippen molar-refractivity contribution in [3.63, 3.8) is 0 Å². The highest BCUT2D eigenvalue weighted by Gasteiger charge is 2.16. The molecule has 0 unspecified atom stereocenters. The van der Waals surface area contributed by atoms with Gasteiger partial charge in [-0.25, -0.2) is 4.98 Å². The van der Waals surface area contributed by atoms with Gasteiger partial charge < -0.3 is 19.7 Å². The Morgan fingerprint density at radius 2 is 2.00 bits per heavy atom. The van der Waals surface area contributed by atoms with Crippen LogP contribution in [0.3, 0.4) is 0 Å². The van der Waals surface area contributed by atoms with Gasteiger partial charge in [-0.3, -0.25) is 4.79 Å². The normalized spacial score (nSPS) is 13.8. The molecule has 0 saturated carbocycles. The number of methoxy groups -OCH3 is 2. The summed E-state index contributed by atoms with van der Waals surface area (Å²) in [6, 6.07) is 5.14. The Balaban J connectivity index is 1.52. The van der Waals surface area contributed by atoms with E-state index < -0.39 is 0 Å². The molecule has 2 aromatic rings. The molecule has 0 aliphatic carbocycles. The first-order valence-corrected chi connectivity index (χ1v) is 9.29. The van der Waals surface area contributed by atoms with Crippen molar-refractivity contribution < 1.29 is 14.3 Å². The van der Waals surface area contributed by atoms with Gasteiger partial charge in [-0.15, -0.1) is 11.3 Å². The number of anilines is 1. The Labute approximate surface area is 151 Å². The smallest absolute Gasteiger partial charge is 0.251 e. The van der Waals surface area contributed by atoms with Crippen LogP contribution in [0.25, 0.3) is 0 Å². The molecule has 3 rings (SSSR count). The van der Waals surface area contributed by atoms with Gasteiger partial charge in [0.15, 0.2) is 16.6 Å². The van der Waals surface area contributed by atoms with Crippen molar-refractivity contribution in [2.24, 2.45) is 0 Å². The fourth-order valence-electron chi connectivity index (χ4n) is 2.85. The Kier molecular flexibility index (Phi) is 5.75. The van der Waals surface area contributed by atoms with E-state index >= 15 is 0 Å². The van der Waals surface area contributed by atoms with Crippen molar-refractivity contribution in [1.82, 2.24) is 10.3 Å². The van der Waals surface area contributed by atoms with E-state index in [4.69, 9.17) is 9.47 Å². The average Bonchev–Trinajstić information content (AvgIpc) is 3.32. The molecule has 1 N–H and O–H groups in total. The van der Waals surface area contributed by atoms with Gasteiger partial charge in [-0.1, -0.05) is 0 Å². The molecule has 0 atom stereocenters. The van der Waals surface area contributed by atoms with Crippen LogP contribution in [0, 0.1) is 0 Å². The highest BCUT2D eigenvalue weighted by molar-refractivity contribution is 7.13. The maximum atomic E-state index is 12.3. The highest BCUT2D eigenvalue weighted by atomic mass is 32.1. The molecule has 1 aliphatic heterocycles. The van der Waals surface area contributed by atoms with Gasteiger partial charge in [-0.05, 0) is 31.0 Å². The molecule has 7 heteroatoms. The molecule has 1 aliphatic rings. The predicted molar refractivity (Wildman–Crippen MR) is 99.1 cm³/mol. The van der Waals surface area contributed by atoms with Crippen molar-refractivity contribution in [3.8, 4) is 11.5 Å². The quantitative estimate of drug-likeness (QED) is 0.821. The van der Waals surface area contributed by atoms with Gasteiger partial charge in [0.2, 0.25) is 0 Å². The van der Waals surface area contributed by atoms with Crippen LogP contribution in [0.15, 0.2) is 23.6 Å². The number of ether oxygens (including phenoxy) is 2. The molecule has 25 heavy (non-hydrogen) atoms. The van der Waals surface area contributed by atoms with Gasteiger partial charge >= 0.3 is 0 Å². The Bertz CT molecular complexity index is 726. The lowest BCUT2D eigenvalue weighted by Crippen LogP contribution is -2.25. The summed E-state index contributed by atoms with van der Waals surface area (Å²) in [5, 5.41) is 6.11. The van der Waals surface area contributed by atoms with Gasteiger partial charge in [0.05, 0.1) is 19.9 Å². The summed E-state index contributed by atoms with van der Waals surface area (Å²) in [6.45, 7) is 2.75. The lowest BCUT2D eigenvalue weighted by atomic mass is 10.2. The van der Waals surface area contributed by atoms with Gasteiger partial charge in [-0.2, -0.15) is 0 Å². The Morgan fingerprint density at radius 3 is 2.72 bits per heavy atom. The summed E-state index contributed by atoms with van der Waals surface area (Å²) in [6.07, 6.45) is 3.22. The number of rotatable bonds is 7. The minimum absolute atomic E-state index is 0.129. The number of nitrogens with one attached hydrogen (secondary N) is 1. The molecule has 1 aromatic carbocycles. The third kappa shape index (κ3) is 4.22. The molecule has 0 radical (unpaired) electrons. The number of amides is 1. The zero-order valence-electron chi connectivity index (χ0n) is 14.6. The topological polar surface area (TPSA) is 63.7 Å².